The largest absolute Gasteiger partial charge is 0.497 e. The van der Waals surface area contributed by atoms with Crippen LogP contribution in [0.2, 0.25) is 0 Å². The van der Waals surface area contributed by atoms with Gasteiger partial charge in [-0.05, 0) is 18.6 Å². The highest BCUT2D eigenvalue weighted by Gasteiger charge is 2.26. The number of rotatable bonds is 4. The number of ether oxygens (including phenoxy) is 1. The molecule has 1 heterocycles. The van der Waals surface area contributed by atoms with Crippen LogP contribution in [0.5, 0.6) is 5.75 Å². The van der Waals surface area contributed by atoms with Crippen LogP contribution in [0.1, 0.15) is 12.5 Å². The molecule has 0 aromatic heterocycles. The van der Waals surface area contributed by atoms with Crippen LogP contribution in [0.4, 0.5) is 17.6 Å². The van der Waals surface area contributed by atoms with E-state index >= 15 is 0 Å². The Morgan fingerprint density at radius 1 is 1.18 bits per heavy atom. The molecular formula is C16H15F4NO. The number of benzene rings is 1. The third-order valence-corrected chi connectivity index (χ3v) is 3.39. The van der Waals surface area contributed by atoms with Gasteiger partial charge in [0.05, 0.1) is 24.9 Å². The Hall–Kier alpha value is -2.24. The molecule has 1 aliphatic heterocycles. The summed E-state index contributed by atoms with van der Waals surface area (Å²) in [4.78, 5) is 1.12. The second kappa shape index (κ2) is 6.25. The fourth-order valence-electron chi connectivity index (χ4n) is 2.23. The summed E-state index contributed by atoms with van der Waals surface area (Å²) in [5.74, 6) is -1.76. The average Bonchev–Trinajstić information content (AvgIpc) is 2.44. The molecule has 0 radical (unpaired) electrons. The molecule has 1 aromatic carbocycles. The number of hydrogen-bond acceptors (Lipinski definition) is 2. The van der Waals surface area contributed by atoms with E-state index in [1.807, 2.05) is 0 Å². The standard InChI is InChI=1S/C16H15F4NO/c1-9-4-5-14(21(10(9)2)8-15(19)20)16-12(17)6-11(22-3)7-13(16)18/h4-7,15H,2,8H2,1,3H3. The molecule has 1 aliphatic rings. The lowest BCUT2D eigenvalue weighted by Gasteiger charge is -2.32. The summed E-state index contributed by atoms with van der Waals surface area (Å²) in [6.07, 6.45) is 0.318. The maximum Gasteiger partial charge on any atom is 0.256 e. The molecular weight excluding hydrogens is 298 g/mol. The summed E-state index contributed by atoms with van der Waals surface area (Å²) < 4.78 is 58.8. The van der Waals surface area contributed by atoms with E-state index in [4.69, 9.17) is 4.74 Å². The van der Waals surface area contributed by atoms with Crippen LogP contribution in [-0.2, 0) is 0 Å². The monoisotopic (exact) mass is 313 g/mol. The van der Waals surface area contributed by atoms with E-state index in [0.717, 1.165) is 17.0 Å². The van der Waals surface area contributed by atoms with Gasteiger partial charge in [0.25, 0.3) is 6.43 Å². The number of nitrogens with zero attached hydrogens (tertiary/aromatic N) is 1. The Bertz CT molecular complexity index is 641. The predicted molar refractivity (Wildman–Crippen MR) is 76.5 cm³/mol. The van der Waals surface area contributed by atoms with Crippen LogP contribution in [0.3, 0.4) is 0 Å². The maximum absolute atomic E-state index is 14.2. The molecule has 0 N–H and O–H groups in total. The van der Waals surface area contributed by atoms with Gasteiger partial charge in [0.2, 0.25) is 0 Å². The Kier molecular flexibility index (Phi) is 4.59. The number of allylic oxidation sites excluding steroid dienone is 3. The molecule has 0 saturated heterocycles. The molecule has 0 aliphatic carbocycles. The van der Waals surface area contributed by atoms with E-state index in [0.29, 0.717) is 5.57 Å². The number of halogens is 4. The van der Waals surface area contributed by atoms with Gasteiger partial charge in [-0.2, -0.15) is 0 Å². The Labute approximate surface area is 126 Å². The predicted octanol–water partition coefficient (Wildman–Crippen LogP) is 4.36. The van der Waals surface area contributed by atoms with Crippen molar-refractivity contribution in [2.24, 2.45) is 0 Å². The summed E-state index contributed by atoms with van der Waals surface area (Å²) in [7, 11) is 1.28. The fraction of sp³-hybridized carbons (Fsp3) is 0.250. The molecule has 22 heavy (non-hydrogen) atoms. The van der Waals surface area contributed by atoms with Crippen molar-refractivity contribution < 1.29 is 22.3 Å². The summed E-state index contributed by atoms with van der Waals surface area (Å²) >= 11 is 0. The Balaban J connectivity index is 2.55. The number of hydrogen-bond donors (Lipinski definition) is 0. The van der Waals surface area contributed by atoms with Gasteiger partial charge in [0, 0.05) is 17.8 Å². The van der Waals surface area contributed by atoms with Gasteiger partial charge in [-0.3, -0.25) is 0 Å². The van der Waals surface area contributed by atoms with E-state index in [2.05, 4.69) is 6.58 Å². The van der Waals surface area contributed by atoms with Gasteiger partial charge in [-0.25, -0.2) is 17.6 Å². The molecule has 0 atom stereocenters. The Morgan fingerprint density at radius 3 is 2.27 bits per heavy atom. The third-order valence-electron chi connectivity index (χ3n) is 3.39. The first-order chi connectivity index (χ1) is 10.3. The second-order valence-electron chi connectivity index (χ2n) is 4.82. The van der Waals surface area contributed by atoms with Crippen molar-refractivity contribution >= 4 is 5.70 Å². The molecule has 0 fully saturated rings. The summed E-state index contributed by atoms with van der Waals surface area (Å²) in [5.41, 5.74) is 0.561. The van der Waals surface area contributed by atoms with Crippen molar-refractivity contribution in [3.63, 3.8) is 0 Å². The molecule has 6 heteroatoms. The van der Waals surface area contributed by atoms with Gasteiger partial charge in [0.15, 0.2) is 0 Å². The zero-order chi connectivity index (χ0) is 16.4. The van der Waals surface area contributed by atoms with E-state index in [9.17, 15) is 17.6 Å². The van der Waals surface area contributed by atoms with Crippen molar-refractivity contribution in [2.45, 2.75) is 13.3 Å². The molecule has 2 nitrogen and oxygen atoms in total. The lowest BCUT2D eigenvalue weighted by molar-refractivity contribution is 0.123. The first-order valence-corrected chi connectivity index (χ1v) is 6.52. The Morgan fingerprint density at radius 2 is 1.77 bits per heavy atom. The number of methoxy groups -OCH3 is 1. The van der Waals surface area contributed by atoms with E-state index in [1.165, 1.54) is 13.2 Å². The SMILES string of the molecule is C=C1C(C)=CC=C(c2c(F)cc(OC)cc2F)N1CC(F)F. The summed E-state index contributed by atoms with van der Waals surface area (Å²) in [6, 6.07) is 2.02. The number of alkyl halides is 2. The zero-order valence-electron chi connectivity index (χ0n) is 12.2. The minimum Gasteiger partial charge on any atom is -0.497 e. The fourth-order valence-corrected chi connectivity index (χ4v) is 2.23. The highest BCUT2D eigenvalue weighted by molar-refractivity contribution is 5.72. The lowest BCUT2D eigenvalue weighted by Crippen LogP contribution is -2.29. The second-order valence-corrected chi connectivity index (χ2v) is 4.82. The highest BCUT2D eigenvalue weighted by Crippen LogP contribution is 2.35. The summed E-state index contributed by atoms with van der Waals surface area (Å²) in [6.45, 7) is 4.71. The van der Waals surface area contributed by atoms with Crippen LogP contribution in [0.25, 0.3) is 5.70 Å². The topological polar surface area (TPSA) is 12.5 Å². The normalized spacial score (nSPS) is 15.0. The lowest BCUT2D eigenvalue weighted by atomic mass is 10.0. The average molecular weight is 313 g/mol. The highest BCUT2D eigenvalue weighted by atomic mass is 19.3. The zero-order valence-corrected chi connectivity index (χ0v) is 12.2. The van der Waals surface area contributed by atoms with E-state index in [1.54, 1.807) is 13.0 Å². The minimum atomic E-state index is -2.67. The van der Waals surface area contributed by atoms with E-state index < -0.39 is 24.6 Å². The van der Waals surface area contributed by atoms with Crippen LogP contribution in [0.15, 0.2) is 42.1 Å². The smallest absolute Gasteiger partial charge is 0.256 e. The van der Waals surface area contributed by atoms with Gasteiger partial charge in [-0.15, -0.1) is 0 Å². The van der Waals surface area contributed by atoms with Crippen molar-refractivity contribution in [3.05, 3.63) is 59.3 Å². The van der Waals surface area contributed by atoms with Gasteiger partial charge < -0.3 is 9.64 Å². The van der Waals surface area contributed by atoms with Gasteiger partial charge in [0.1, 0.15) is 17.4 Å². The van der Waals surface area contributed by atoms with Crippen LogP contribution < -0.4 is 4.74 Å². The van der Waals surface area contributed by atoms with Crippen molar-refractivity contribution in [1.82, 2.24) is 4.90 Å². The van der Waals surface area contributed by atoms with Gasteiger partial charge >= 0.3 is 0 Å². The maximum atomic E-state index is 14.2. The van der Waals surface area contributed by atoms with Crippen LogP contribution >= 0.6 is 0 Å². The minimum absolute atomic E-state index is 0.00792. The first-order valence-electron chi connectivity index (χ1n) is 6.52. The molecule has 0 spiro atoms. The van der Waals surface area contributed by atoms with E-state index in [-0.39, 0.29) is 22.7 Å². The van der Waals surface area contributed by atoms with Crippen molar-refractivity contribution in [1.29, 1.82) is 0 Å². The quantitative estimate of drug-likeness (QED) is 0.766. The molecule has 0 amide bonds. The molecule has 1 aromatic rings. The van der Waals surface area contributed by atoms with Crippen LogP contribution in [0, 0.1) is 11.6 Å². The molecule has 2 rings (SSSR count). The summed E-state index contributed by atoms with van der Waals surface area (Å²) in [5, 5.41) is 0. The first kappa shape index (κ1) is 16.1. The molecule has 118 valence electrons. The molecule has 0 unspecified atom stereocenters. The molecule has 0 saturated carbocycles. The molecule has 0 bridgehead atoms. The van der Waals surface area contributed by atoms with Crippen molar-refractivity contribution in [3.8, 4) is 5.75 Å². The van der Waals surface area contributed by atoms with Crippen molar-refractivity contribution in [2.75, 3.05) is 13.7 Å². The van der Waals surface area contributed by atoms with Gasteiger partial charge in [-0.1, -0.05) is 12.7 Å². The van der Waals surface area contributed by atoms with Crippen LogP contribution in [-0.4, -0.2) is 25.0 Å². The third kappa shape index (κ3) is 3.00.